The first kappa shape index (κ1) is 22.4. The van der Waals surface area contributed by atoms with Crippen molar-refractivity contribution < 1.29 is 4.79 Å². The number of benzene rings is 3. The fraction of sp³-hybridized carbons (Fsp3) is 0.258. The maximum atomic E-state index is 11.3. The van der Waals surface area contributed by atoms with Crippen molar-refractivity contribution in [2.45, 2.75) is 32.6 Å². The van der Waals surface area contributed by atoms with Crippen molar-refractivity contribution >= 4 is 29.3 Å². The highest BCUT2D eigenvalue weighted by Crippen LogP contribution is 2.38. The number of carbonyl (C=O) groups is 1. The van der Waals surface area contributed by atoms with Crippen LogP contribution in [0.5, 0.6) is 0 Å². The van der Waals surface area contributed by atoms with Crippen LogP contribution in [-0.4, -0.2) is 30.4 Å². The average molecular weight is 449 g/mol. The molecule has 0 unspecified atom stereocenters. The van der Waals surface area contributed by atoms with Gasteiger partial charge < -0.3 is 10.2 Å². The molecule has 0 aromatic heterocycles. The number of hydrogen-bond donors (Lipinski definition) is 1. The second kappa shape index (κ2) is 10.2. The average Bonchev–Trinajstić information content (AvgIpc) is 3.01. The second-order valence-corrected chi connectivity index (χ2v) is 9.31. The van der Waals surface area contributed by atoms with Crippen molar-refractivity contribution in [3.05, 3.63) is 106 Å². The highest BCUT2D eigenvalue weighted by atomic mass is 16.1. The summed E-state index contributed by atoms with van der Waals surface area (Å²) in [5.74, 6) is -0.0231. The summed E-state index contributed by atoms with van der Waals surface area (Å²) in [6.07, 6.45) is 8.93. The van der Waals surface area contributed by atoms with Gasteiger partial charge in [0.2, 0.25) is 5.91 Å². The van der Waals surface area contributed by atoms with Crippen molar-refractivity contribution in [3.8, 4) is 0 Å². The van der Waals surface area contributed by atoms with Gasteiger partial charge in [0.25, 0.3) is 0 Å². The lowest BCUT2D eigenvalue weighted by Gasteiger charge is -2.30. The maximum Gasteiger partial charge on any atom is 0.221 e. The van der Waals surface area contributed by atoms with Crippen LogP contribution in [0.15, 0.2) is 78.4 Å². The first-order chi connectivity index (χ1) is 16.7. The lowest BCUT2D eigenvalue weighted by atomic mass is 9.86. The third-order valence-corrected chi connectivity index (χ3v) is 6.90. The molecule has 0 spiro atoms. The van der Waals surface area contributed by atoms with Crippen LogP contribution in [0, 0.1) is 0 Å². The molecular formula is C31H32N2O. The molecule has 172 valence electrons. The quantitative estimate of drug-likeness (QED) is 0.370. The van der Waals surface area contributed by atoms with Gasteiger partial charge in [-0.15, -0.1) is 0 Å². The van der Waals surface area contributed by atoms with Gasteiger partial charge in [-0.3, -0.25) is 4.79 Å². The van der Waals surface area contributed by atoms with E-state index in [9.17, 15) is 4.79 Å². The molecule has 1 heterocycles. The monoisotopic (exact) mass is 448 g/mol. The molecule has 1 amide bonds. The summed E-state index contributed by atoms with van der Waals surface area (Å²) in [5.41, 5.74) is 10.6. The fourth-order valence-electron chi connectivity index (χ4n) is 5.26. The van der Waals surface area contributed by atoms with E-state index >= 15 is 0 Å². The minimum Gasteiger partial charge on any atom is -0.326 e. The van der Waals surface area contributed by atoms with Gasteiger partial charge in [-0.1, -0.05) is 78.4 Å². The predicted octanol–water partition coefficient (Wildman–Crippen LogP) is 6.66. The van der Waals surface area contributed by atoms with Gasteiger partial charge in [0.15, 0.2) is 0 Å². The number of nitrogens with zero attached hydrogens (tertiary/aromatic N) is 1. The predicted molar refractivity (Wildman–Crippen MR) is 143 cm³/mol. The molecule has 3 nitrogen and oxygen atoms in total. The minimum absolute atomic E-state index is 0.0231. The Morgan fingerprint density at radius 1 is 0.853 bits per heavy atom. The van der Waals surface area contributed by atoms with E-state index in [2.05, 4.69) is 83.0 Å². The molecule has 0 radical (unpaired) electrons. The Balaban J connectivity index is 1.26. The van der Waals surface area contributed by atoms with Gasteiger partial charge >= 0.3 is 0 Å². The summed E-state index contributed by atoms with van der Waals surface area (Å²) in [6, 6.07) is 25.8. The van der Waals surface area contributed by atoms with Gasteiger partial charge in [0.05, 0.1) is 0 Å². The fourth-order valence-corrected chi connectivity index (χ4v) is 5.26. The minimum atomic E-state index is -0.0231. The molecule has 1 N–H and O–H groups in total. The van der Waals surface area contributed by atoms with Crippen molar-refractivity contribution in [2.24, 2.45) is 0 Å². The molecule has 2 aliphatic rings. The van der Waals surface area contributed by atoms with Crippen molar-refractivity contribution in [1.29, 1.82) is 0 Å². The zero-order valence-corrected chi connectivity index (χ0v) is 19.9. The van der Waals surface area contributed by atoms with Gasteiger partial charge in [0.1, 0.15) is 0 Å². The van der Waals surface area contributed by atoms with Gasteiger partial charge in [-0.05, 0) is 77.8 Å². The van der Waals surface area contributed by atoms with E-state index in [0.29, 0.717) is 0 Å². The van der Waals surface area contributed by atoms with Gasteiger partial charge in [-0.25, -0.2) is 0 Å². The normalized spacial score (nSPS) is 15.4. The summed E-state index contributed by atoms with van der Waals surface area (Å²) in [4.78, 5) is 13.9. The summed E-state index contributed by atoms with van der Waals surface area (Å²) in [6.45, 7) is 4.89. The molecule has 1 saturated heterocycles. The molecule has 5 rings (SSSR count). The lowest BCUT2D eigenvalue weighted by Crippen LogP contribution is -2.32. The van der Waals surface area contributed by atoms with E-state index in [-0.39, 0.29) is 5.91 Å². The van der Waals surface area contributed by atoms with Crippen LogP contribution < -0.4 is 5.32 Å². The summed E-state index contributed by atoms with van der Waals surface area (Å²) in [5, 5.41) is 2.88. The number of likely N-dealkylation sites (tertiary alicyclic amines) is 1. The highest BCUT2D eigenvalue weighted by molar-refractivity contribution is 5.95. The van der Waals surface area contributed by atoms with Crippen LogP contribution in [0.4, 0.5) is 5.69 Å². The smallest absolute Gasteiger partial charge is 0.221 e. The number of anilines is 1. The second-order valence-electron chi connectivity index (χ2n) is 9.31. The topological polar surface area (TPSA) is 32.3 Å². The van der Waals surface area contributed by atoms with Crippen LogP contribution in [0.2, 0.25) is 0 Å². The molecule has 0 saturated carbocycles. The molecule has 1 aliphatic carbocycles. The summed E-state index contributed by atoms with van der Waals surface area (Å²) >= 11 is 0. The number of amides is 1. The Hall–Kier alpha value is -3.43. The van der Waals surface area contributed by atoms with Crippen LogP contribution in [0.25, 0.3) is 17.7 Å². The Labute approximate surface area is 202 Å². The third kappa shape index (κ3) is 5.05. The zero-order chi connectivity index (χ0) is 23.3. The van der Waals surface area contributed by atoms with Crippen LogP contribution in [0.1, 0.15) is 54.0 Å². The van der Waals surface area contributed by atoms with Crippen molar-refractivity contribution in [2.75, 3.05) is 25.0 Å². The van der Waals surface area contributed by atoms with E-state index < -0.39 is 0 Å². The van der Waals surface area contributed by atoms with Gasteiger partial charge in [0, 0.05) is 25.7 Å². The van der Waals surface area contributed by atoms with E-state index in [1.54, 1.807) is 12.5 Å². The van der Waals surface area contributed by atoms with Crippen molar-refractivity contribution in [1.82, 2.24) is 4.90 Å². The first-order valence-electron chi connectivity index (χ1n) is 12.4. The molecule has 0 atom stereocenters. The Bertz CT molecular complexity index is 1190. The molecule has 1 aliphatic heterocycles. The Morgan fingerprint density at radius 3 is 2.15 bits per heavy atom. The zero-order valence-electron chi connectivity index (χ0n) is 19.9. The van der Waals surface area contributed by atoms with E-state index in [1.807, 2.05) is 12.1 Å². The number of piperidine rings is 1. The summed E-state index contributed by atoms with van der Waals surface area (Å²) < 4.78 is 0. The number of hydrogen-bond acceptors (Lipinski definition) is 2. The highest BCUT2D eigenvalue weighted by Gasteiger charge is 2.22. The third-order valence-electron chi connectivity index (χ3n) is 6.90. The number of nitrogens with one attached hydrogen (secondary N) is 1. The SMILES string of the molecule is CC(=O)Nc1cccc(CCCN2CCC(=C3c4ccccc4C=Cc4ccccc43)CC2)c1. The molecular weight excluding hydrogens is 416 g/mol. The molecule has 3 heteroatoms. The van der Waals surface area contributed by atoms with Crippen LogP contribution in [0.3, 0.4) is 0 Å². The molecule has 1 fully saturated rings. The van der Waals surface area contributed by atoms with Crippen LogP contribution in [-0.2, 0) is 11.2 Å². The van der Waals surface area contributed by atoms with Crippen molar-refractivity contribution in [3.63, 3.8) is 0 Å². The van der Waals surface area contributed by atoms with Gasteiger partial charge in [-0.2, -0.15) is 0 Å². The number of rotatable bonds is 5. The molecule has 3 aromatic carbocycles. The lowest BCUT2D eigenvalue weighted by molar-refractivity contribution is -0.114. The number of fused-ring (bicyclic) bond motifs is 2. The summed E-state index contributed by atoms with van der Waals surface area (Å²) in [7, 11) is 0. The number of carbonyl (C=O) groups excluding carboxylic acids is 1. The van der Waals surface area contributed by atoms with E-state index in [1.165, 1.54) is 33.4 Å². The maximum absolute atomic E-state index is 11.3. The Kier molecular flexibility index (Phi) is 6.73. The first-order valence-corrected chi connectivity index (χ1v) is 12.4. The molecule has 3 aromatic rings. The molecule has 0 bridgehead atoms. The van der Waals surface area contributed by atoms with E-state index in [0.717, 1.165) is 51.0 Å². The van der Waals surface area contributed by atoms with Crippen LogP contribution >= 0.6 is 0 Å². The largest absolute Gasteiger partial charge is 0.326 e. The number of aryl methyl sites for hydroxylation is 1. The standard InChI is InChI=1S/C31H32N2O/c1-23(34)32-28-12-6-8-24(22-28)9-7-19-33-20-17-27(18-21-33)31-29-13-4-2-10-25(29)15-16-26-11-3-5-14-30(26)31/h2-6,8,10-16,22H,7,9,17-21H2,1H3,(H,32,34). The van der Waals surface area contributed by atoms with E-state index in [4.69, 9.17) is 0 Å². The molecule has 34 heavy (non-hydrogen) atoms. The Morgan fingerprint density at radius 2 is 1.50 bits per heavy atom.